The van der Waals surface area contributed by atoms with E-state index >= 15 is 0 Å². The van der Waals surface area contributed by atoms with E-state index in [-0.39, 0.29) is 5.91 Å². The number of halogens is 2. The average molecular weight is 356 g/mol. The number of carbonyl (C=O) groups excluding carboxylic acids is 1. The van der Waals surface area contributed by atoms with Crippen LogP contribution in [-0.2, 0) is 0 Å². The molecule has 0 saturated heterocycles. The zero-order valence-electron chi connectivity index (χ0n) is 10.6. The molecule has 0 unspecified atom stereocenters. The molecule has 0 aromatic heterocycles. The Kier molecular flexibility index (Phi) is 4.52. The molecule has 0 heterocycles. The van der Waals surface area contributed by atoms with Crippen LogP contribution in [0.15, 0.2) is 40.9 Å². The molecule has 0 bridgehead atoms. The Morgan fingerprint density at radius 2 is 2.05 bits per heavy atom. The summed E-state index contributed by atoms with van der Waals surface area (Å²) in [5.41, 5.74) is 7.22. The molecule has 0 radical (unpaired) electrons. The summed E-state index contributed by atoms with van der Waals surface area (Å²) in [6.07, 6.45) is 0. The van der Waals surface area contributed by atoms with E-state index in [1.165, 1.54) is 7.11 Å². The van der Waals surface area contributed by atoms with E-state index in [0.717, 1.165) is 4.47 Å². The Morgan fingerprint density at radius 3 is 2.70 bits per heavy atom. The quantitative estimate of drug-likeness (QED) is 0.820. The van der Waals surface area contributed by atoms with E-state index in [4.69, 9.17) is 22.1 Å². The number of amides is 1. The molecule has 20 heavy (non-hydrogen) atoms. The van der Waals surface area contributed by atoms with Crippen molar-refractivity contribution >= 4 is 44.8 Å². The van der Waals surface area contributed by atoms with Crippen LogP contribution >= 0.6 is 27.5 Å². The van der Waals surface area contributed by atoms with Gasteiger partial charge in [0.2, 0.25) is 0 Å². The second-order valence-corrected chi connectivity index (χ2v) is 5.33. The van der Waals surface area contributed by atoms with E-state index in [0.29, 0.717) is 27.7 Å². The second kappa shape index (κ2) is 6.15. The number of nitrogens with two attached hydrogens (primary N) is 1. The normalized spacial score (nSPS) is 10.2. The van der Waals surface area contributed by atoms with Crippen LogP contribution in [0.3, 0.4) is 0 Å². The second-order valence-electron chi connectivity index (χ2n) is 4.04. The fraction of sp³-hybridized carbons (Fsp3) is 0.0714. The lowest BCUT2D eigenvalue weighted by molar-refractivity contribution is 0.102. The third-order valence-electron chi connectivity index (χ3n) is 2.67. The standard InChI is InChI=1S/C14H12BrClN2O2/c1-20-13-5-2-8(6-11(13)17)14(19)18-12-7-9(16)3-4-10(12)15/h2-7H,17H2,1H3,(H,18,19). The summed E-state index contributed by atoms with van der Waals surface area (Å²) in [4.78, 5) is 12.2. The van der Waals surface area contributed by atoms with E-state index in [9.17, 15) is 4.79 Å². The summed E-state index contributed by atoms with van der Waals surface area (Å²) >= 11 is 9.25. The fourth-order valence-electron chi connectivity index (χ4n) is 1.66. The Hall–Kier alpha value is -1.72. The SMILES string of the molecule is COc1ccc(C(=O)Nc2cc(Cl)ccc2Br)cc1N. The maximum atomic E-state index is 12.2. The Labute approximate surface area is 130 Å². The Morgan fingerprint density at radius 1 is 1.30 bits per heavy atom. The number of benzene rings is 2. The van der Waals surface area contributed by atoms with E-state index < -0.39 is 0 Å². The summed E-state index contributed by atoms with van der Waals surface area (Å²) in [6, 6.07) is 10.0. The molecular weight excluding hydrogens is 344 g/mol. The molecule has 0 saturated carbocycles. The monoisotopic (exact) mass is 354 g/mol. The highest BCUT2D eigenvalue weighted by Crippen LogP contribution is 2.27. The number of methoxy groups -OCH3 is 1. The molecule has 0 aliphatic rings. The maximum Gasteiger partial charge on any atom is 0.255 e. The molecule has 2 aromatic rings. The number of rotatable bonds is 3. The third kappa shape index (κ3) is 3.23. The number of ether oxygens (including phenoxy) is 1. The summed E-state index contributed by atoms with van der Waals surface area (Å²) in [5, 5.41) is 3.30. The molecule has 0 atom stereocenters. The van der Waals surface area contributed by atoms with Crippen molar-refractivity contribution in [3.8, 4) is 5.75 Å². The molecule has 3 N–H and O–H groups in total. The smallest absolute Gasteiger partial charge is 0.255 e. The van der Waals surface area contributed by atoms with Gasteiger partial charge < -0.3 is 15.8 Å². The van der Waals surface area contributed by atoms with Gasteiger partial charge >= 0.3 is 0 Å². The number of hydrogen-bond donors (Lipinski definition) is 2. The van der Waals surface area contributed by atoms with E-state index in [2.05, 4.69) is 21.2 Å². The van der Waals surface area contributed by atoms with Crippen molar-refractivity contribution in [2.45, 2.75) is 0 Å². The summed E-state index contributed by atoms with van der Waals surface area (Å²) < 4.78 is 5.80. The number of carbonyl (C=O) groups is 1. The van der Waals surface area contributed by atoms with Crippen molar-refractivity contribution in [1.29, 1.82) is 0 Å². The van der Waals surface area contributed by atoms with E-state index in [1.54, 1.807) is 36.4 Å². The zero-order chi connectivity index (χ0) is 14.7. The predicted octanol–water partition coefficient (Wildman–Crippen LogP) is 3.95. The van der Waals surface area contributed by atoms with Crippen molar-refractivity contribution in [2.24, 2.45) is 0 Å². The molecule has 6 heteroatoms. The van der Waals surface area contributed by atoms with Crippen LogP contribution in [0.5, 0.6) is 5.75 Å². The Bertz CT molecular complexity index is 662. The fourth-order valence-corrected chi connectivity index (χ4v) is 2.18. The first kappa shape index (κ1) is 14.7. The van der Waals surface area contributed by atoms with Crippen LogP contribution in [0.1, 0.15) is 10.4 Å². The van der Waals surface area contributed by atoms with Gasteiger partial charge in [-0.15, -0.1) is 0 Å². The number of hydrogen-bond acceptors (Lipinski definition) is 3. The first-order valence-electron chi connectivity index (χ1n) is 5.71. The van der Waals surface area contributed by atoms with Gasteiger partial charge in [0.15, 0.2) is 0 Å². The molecule has 1 amide bonds. The lowest BCUT2D eigenvalue weighted by Gasteiger charge is -2.10. The van der Waals surface area contributed by atoms with Gasteiger partial charge in [-0.3, -0.25) is 4.79 Å². The first-order chi connectivity index (χ1) is 9.51. The highest BCUT2D eigenvalue weighted by Gasteiger charge is 2.11. The van der Waals surface area contributed by atoms with Gasteiger partial charge in [-0.25, -0.2) is 0 Å². The van der Waals surface area contributed by atoms with Crippen LogP contribution in [-0.4, -0.2) is 13.0 Å². The zero-order valence-corrected chi connectivity index (χ0v) is 13.0. The molecule has 0 spiro atoms. The van der Waals surface area contributed by atoms with Gasteiger partial charge in [-0.05, 0) is 52.3 Å². The first-order valence-corrected chi connectivity index (χ1v) is 6.88. The van der Waals surface area contributed by atoms with E-state index in [1.807, 2.05) is 0 Å². The maximum absolute atomic E-state index is 12.2. The number of nitrogens with one attached hydrogen (secondary N) is 1. The van der Waals surface area contributed by atoms with Crippen LogP contribution in [0.25, 0.3) is 0 Å². The molecule has 2 aromatic carbocycles. The van der Waals surface area contributed by atoms with Crippen molar-refractivity contribution in [2.75, 3.05) is 18.2 Å². The van der Waals surface area contributed by atoms with Gasteiger partial charge in [-0.2, -0.15) is 0 Å². The topological polar surface area (TPSA) is 64.3 Å². The average Bonchev–Trinajstić information content (AvgIpc) is 2.42. The lowest BCUT2D eigenvalue weighted by atomic mass is 10.1. The van der Waals surface area contributed by atoms with Gasteiger partial charge in [0.1, 0.15) is 5.75 Å². The highest BCUT2D eigenvalue weighted by atomic mass is 79.9. The molecule has 2 rings (SSSR count). The molecule has 0 fully saturated rings. The molecule has 0 aliphatic heterocycles. The van der Waals surface area contributed by atoms with Crippen LogP contribution in [0.4, 0.5) is 11.4 Å². The molecule has 0 aliphatic carbocycles. The molecule has 4 nitrogen and oxygen atoms in total. The lowest BCUT2D eigenvalue weighted by Crippen LogP contribution is -2.12. The highest BCUT2D eigenvalue weighted by molar-refractivity contribution is 9.10. The van der Waals surface area contributed by atoms with Crippen LogP contribution < -0.4 is 15.8 Å². The predicted molar refractivity (Wildman–Crippen MR) is 84.5 cm³/mol. The largest absolute Gasteiger partial charge is 0.495 e. The summed E-state index contributed by atoms with van der Waals surface area (Å²) in [6.45, 7) is 0. The minimum absolute atomic E-state index is 0.276. The van der Waals surface area contributed by atoms with Gasteiger partial charge in [-0.1, -0.05) is 11.6 Å². The van der Waals surface area contributed by atoms with Crippen molar-refractivity contribution in [1.82, 2.24) is 0 Å². The van der Waals surface area contributed by atoms with Crippen molar-refractivity contribution in [3.05, 3.63) is 51.5 Å². The Balaban J connectivity index is 2.24. The van der Waals surface area contributed by atoms with Crippen LogP contribution in [0.2, 0.25) is 5.02 Å². The minimum Gasteiger partial charge on any atom is -0.495 e. The summed E-state index contributed by atoms with van der Waals surface area (Å²) in [5.74, 6) is 0.257. The molecular formula is C14H12BrClN2O2. The minimum atomic E-state index is -0.276. The number of anilines is 2. The van der Waals surface area contributed by atoms with Crippen LogP contribution in [0, 0.1) is 0 Å². The van der Waals surface area contributed by atoms with Gasteiger partial charge in [0.25, 0.3) is 5.91 Å². The number of nitrogen functional groups attached to an aromatic ring is 1. The van der Waals surface area contributed by atoms with Crippen molar-refractivity contribution < 1.29 is 9.53 Å². The van der Waals surface area contributed by atoms with Gasteiger partial charge in [0.05, 0.1) is 18.5 Å². The summed E-state index contributed by atoms with van der Waals surface area (Å²) in [7, 11) is 1.52. The third-order valence-corrected chi connectivity index (χ3v) is 3.60. The van der Waals surface area contributed by atoms with Crippen molar-refractivity contribution in [3.63, 3.8) is 0 Å². The van der Waals surface area contributed by atoms with Gasteiger partial charge in [0, 0.05) is 15.1 Å². The molecule has 104 valence electrons.